The highest BCUT2D eigenvalue weighted by atomic mass is 32.1. The number of halogens is 2. The molecule has 2 rings (SSSR count). The molecule has 0 bridgehead atoms. The number of hydrogen-bond acceptors (Lipinski definition) is 2. The van der Waals surface area contributed by atoms with Crippen LogP contribution in [0.2, 0.25) is 0 Å². The zero-order valence-electron chi connectivity index (χ0n) is 7.05. The number of rotatable bonds is 1. The highest BCUT2D eigenvalue weighted by molar-refractivity contribution is 7.17. The molecule has 1 aromatic carbocycles. The quantitative estimate of drug-likeness (QED) is 0.707. The molecule has 0 aliphatic heterocycles. The molecule has 70 valence electrons. The summed E-state index contributed by atoms with van der Waals surface area (Å²) < 4.78 is 26.6. The van der Waals surface area contributed by atoms with Crippen LogP contribution < -0.4 is 0 Å². The Hall–Kier alpha value is -1.47. The number of hydrogen-bond donors (Lipinski definition) is 0. The first-order chi connectivity index (χ1) is 6.74. The maximum Gasteiger partial charge on any atom is 0.213 e. The highest BCUT2D eigenvalue weighted by Gasteiger charge is 2.13. The van der Waals surface area contributed by atoms with Gasteiger partial charge in [0.1, 0.15) is 0 Å². The van der Waals surface area contributed by atoms with Gasteiger partial charge in [-0.15, -0.1) is 11.3 Å². The summed E-state index contributed by atoms with van der Waals surface area (Å²) in [4.78, 5) is 0. The predicted molar refractivity (Wildman–Crippen MR) is 51.1 cm³/mol. The van der Waals surface area contributed by atoms with Gasteiger partial charge in [0.15, 0.2) is 5.82 Å². The summed E-state index contributed by atoms with van der Waals surface area (Å²) in [7, 11) is 0. The van der Waals surface area contributed by atoms with Gasteiger partial charge in [-0.2, -0.15) is 9.65 Å². The van der Waals surface area contributed by atoms with E-state index in [9.17, 15) is 8.78 Å². The SMILES string of the molecule is N#CCc1cccc2c(F)c(F)sc12. The third kappa shape index (κ3) is 1.26. The van der Waals surface area contributed by atoms with Gasteiger partial charge in [0, 0.05) is 10.1 Å². The Morgan fingerprint density at radius 1 is 1.36 bits per heavy atom. The molecule has 0 radical (unpaired) electrons. The molecule has 0 fully saturated rings. The summed E-state index contributed by atoms with van der Waals surface area (Å²) in [6, 6.07) is 6.82. The van der Waals surface area contributed by atoms with Gasteiger partial charge in [0.05, 0.1) is 12.5 Å². The van der Waals surface area contributed by atoms with E-state index < -0.39 is 10.9 Å². The second-order valence-electron chi connectivity index (χ2n) is 2.82. The van der Waals surface area contributed by atoms with E-state index in [2.05, 4.69) is 0 Å². The van der Waals surface area contributed by atoms with Crippen LogP contribution in [0.15, 0.2) is 18.2 Å². The van der Waals surface area contributed by atoms with E-state index in [1.807, 2.05) is 6.07 Å². The number of fused-ring (bicyclic) bond motifs is 1. The second-order valence-corrected chi connectivity index (χ2v) is 3.79. The summed E-state index contributed by atoms with van der Waals surface area (Å²) in [5.41, 5.74) is 0.679. The van der Waals surface area contributed by atoms with Gasteiger partial charge in [-0.1, -0.05) is 18.2 Å². The third-order valence-electron chi connectivity index (χ3n) is 1.97. The molecule has 0 saturated heterocycles. The topological polar surface area (TPSA) is 23.8 Å². The number of benzene rings is 1. The van der Waals surface area contributed by atoms with Crippen molar-refractivity contribution in [1.82, 2.24) is 0 Å². The Balaban J connectivity index is 2.76. The fourth-order valence-corrected chi connectivity index (χ4v) is 2.26. The van der Waals surface area contributed by atoms with E-state index in [4.69, 9.17) is 5.26 Å². The van der Waals surface area contributed by atoms with Crippen molar-refractivity contribution >= 4 is 21.4 Å². The molecule has 0 atom stereocenters. The molecule has 1 heterocycles. The molecule has 0 saturated carbocycles. The van der Waals surface area contributed by atoms with Gasteiger partial charge in [-0.05, 0) is 5.56 Å². The largest absolute Gasteiger partial charge is 0.213 e. The normalized spacial score (nSPS) is 10.4. The summed E-state index contributed by atoms with van der Waals surface area (Å²) >= 11 is 0.753. The van der Waals surface area contributed by atoms with E-state index in [-0.39, 0.29) is 11.8 Å². The van der Waals surface area contributed by atoms with Crippen molar-refractivity contribution in [1.29, 1.82) is 5.26 Å². The number of thiophene rings is 1. The van der Waals surface area contributed by atoms with Crippen molar-refractivity contribution in [2.24, 2.45) is 0 Å². The van der Waals surface area contributed by atoms with E-state index >= 15 is 0 Å². The smallest absolute Gasteiger partial charge is 0.202 e. The van der Waals surface area contributed by atoms with Crippen molar-refractivity contribution < 1.29 is 8.78 Å². The van der Waals surface area contributed by atoms with Crippen LogP contribution in [0.3, 0.4) is 0 Å². The molecule has 0 spiro atoms. The van der Waals surface area contributed by atoms with Crippen LogP contribution in [0.5, 0.6) is 0 Å². The average Bonchev–Trinajstić information content (AvgIpc) is 2.46. The lowest BCUT2D eigenvalue weighted by Gasteiger charge is -1.95. The van der Waals surface area contributed by atoms with E-state index in [1.54, 1.807) is 12.1 Å². The fourth-order valence-electron chi connectivity index (χ4n) is 1.34. The Kier molecular flexibility index (Phi) is 2.18. The van der Waals surface area contributed by atoms with Crippen LogP contribution in [0.4, 0.5) is 8.78 Å². The lowest BCUT2D eigenvalue weighted by molar-refractivity contribution is 0.538. The first-order valence-electron chi connectivity index (χ1n) is 3.96. The van der Waals surface area contributed by atoms with Crippen molar-refractivity contribution in [3.05, 3.63) is 34.7 Å². The van der Waals surface area contributed by atoms with Gasteiger partial charge in [0.25, 0.3) is 0 Å². The summed E-state index contributed by atoms with van der Waals surface area (Å²) in [5.74, 6) is -0.815. The van der Waals surface area contributed by atoms with Gasteiger partial charge >= 0.3 is 0 Å². The standard InChI is InChI=1S/C10H5F2NS/c11-8-7-3-1-2-6(4-5-13)9(7)14-10(8)12/h1-3H,4H2. The minimum atomic E-state index is -0.815. The molecule has 0 amide bonds. The Labute approximate surface area is 83.2 Å². The summed E-state index contributed by atoms with van der Waals surface area (Å²) in [5, 5.41) is 7.97. The van der Waals surface area contributed by atoms with Crippen LogP contribution in [0.25, 0.3) is 10.1 Å². The molecule has 14 heavy (non-hydrogen) atoms. The van der Waals surface area contributed by atoms with Gasteiger partial charge in [-0.25, -0.2) is 4.39 Å². The van der Waals surface area contributed by atoms with Crippen molar-refractivity contribution in [2.45, 2.75) is 6.42 Å². The van der Waals surface area contributed by atoms with Crippen molar-refractivity contribution in [3.8, 4) is 6.07 Å². The molecular formula is C10H5F2NS. The zero-order valence-corrected chi connectivity index (χ0v) is 7.87. The van der Waals surface area contributed by atoms with E-state index in [0.29, 0.717) is 10.3 Å². The molecule has 4 heteroatoms. The number of nitriles is 1. The first-order valence-corrected chi connectivity index (χ1v) is 4.78. The molecule has 1 aromatic heterocycles. The third-order valence-corrected chi connectivity index (χ3v) is 3.01. The summed E-state index contributed by atoms with van der Waals surface area (Å²) in [6.45, 7) is 0. The van der Waals surface area contributed by atoms with Gasteiger partial charge in [-0.3, -0.25) is 0 Å². The predicted octanol–water partition coefficient (Wildman–Crippen LogP) is 3.25. The summed E-state index contributed by atoms with van der Waals surface area (Å²) in [6.07, 6.45) is 0.177. The van der Waals surface area contributed by atoms with Crippen LogP contribution >= 0.6 is 11.3 Å². The maximum atomic E-state index is 13.1. The number of nitrogens with zero attached hydrogens (tertiary/aromatic N) is 1. The van der Waals surface area contributed by atoms with Crippen LogP contribution in [-0.2, 0) is 6.42 Å². The Morgan fingerprint density at radius 2 is 2.14 bits per heavy atom. The van der Waals surface area contributed by atoms with E-state index in [0.717, 1.165) is 11.3 Å². The first kappa shape index (κ1) is 9.10. The molecule has 0 aliphatic carbocycles. The van der Waals surface area contributed by atoms with E-state index in [1.165, 1.54) is 6.07 Å². The molecule has 2 aromatic rings. The monoisotopic (exact) mass is 209 g/mol. The highest BCUT2D eigenvalue weighted by Crippen LogP contribution is 2.31. The average molecular weight is 209 g/mol. The van der Waals surface area contributed by atoms with Gasteiger partial charge < -0.3 is 0 Å². The Bertz CT molecular complexity index is 525. The molecule has 0 N–H and O–H groups in total. The van der Waals surface area contributed by atoms with Crippen LogP contribution in [0, 0.1) is 22.3 Å². The van der Waals surface area contributed by atoms with Crippen LogP contribution in [-0.4, -0.2) is 0 Å². The minimum Gasteiger partial charge on any atom is -0.202 e. The van der Waals surface area contributed by atoms with Crippen molar-refractivity contribution in [2.75, 3.05) is 0 Å². The second kappa shape index (κ2) is 3.35. The zero-order chi connectivity index (χ0) is 10.1. The molecular weight excluding hydrogens is 204 g/mol. The molecule has 1 nitrogen and oxygen atoms in total. The van der Waals surface area contributed by atoms with Crippen LogP contribution in [0.1, 0.15) is 5.56 Å². The molecule has 0 unspecified atom stereocenters. The Morgan fingerprint density at radius 3 is 2.86 bits per heavy atom. The minimum absolute atomic E-state index is 0.177. The molecule has 0 aliphatic rings. The lowest BCUT2D eigenvalue weighted by Crippen LogP contribution is -1.80. The van der Waals surface area contributed by atoms with Crippen molar-refractivity contribution in [3.63, 3.8) is 0 Å². The van der Waals surface area contributed by atoms with Gasteiger partial charge in [0.2, 0.25) is 5.13 Å². The fraction of sp³-hybridized carbons (Fsp3) is 0.100. The maximum absolute atomic E-state index is 13.1. The lowest BCUT2D eigenvalue weighted by atomic mass is 10.1.